The summed E-state index contributed by atoms with van der Waals surface area (Å²) in [5.41, 5.74) is 0. The van der Waals surface area contributed by atoms with E-state index in [0.29, 0.717) is 5.78 Å². The smallest absolute Gasteiger partial charge is 0.137 e. The lowest BCUT2D eigenvalue weighted by Crippen LogP contribution is -2.43. The molecule has 0 radical (unpaired) electrons. The molecule has 2 atom stereocenters. The van der Waals surface area contributed by atoms with E-state index in [1.54, 1.807) is 0 Å². The lowest BCUT2D eigenvalue weighted by molar-refractivity contribution is -0.126. The van der Waals surface area contributed by atoms with Gasteiger partial charge in [0.2, 0.25) is 0 Å². The first-order valence-electron chi connectivity index (χ1n) is 7.29. The molecule has 18 heavy (non-hydrogen) atoms. The number of Topliss-reactive ketones (excluding diaryl/α,β-unsaturated/α-hetero) is 1. The van der Waals surface area contributed by atoms with Gasteiger partial charge >= 0.3 is 0 Å². The van der Waals surface area contributed by atoms with Gasteiger partial charge in [0.1, 0.15) is 5.78 Å². The summed E-state index contributed by atoms with van der Waals surface area (Å²) in [4.78, 5) is 14.3. The van der Waals surface area contributed by atoms with Crippen LogP contribution >= 0.6 is 0 Å². The molecule has 1 heterocycles. The highest BCUT2D eigenvalue weighted by atomic mass is 32.2. The molecule has 3 nitrogen and oxygen atoms in total. The molecule has 4 heteroatoms. The number of carbonyl (C=O) groups excluding carboxylic acids is 1. The van der Waals surface area contributed by atoms with E-state index in [-0.39, 0.29) is 5.92 Å². The number of ketones is 1. The van der Waals surface area contributed by atoms with E-state index in [0.717, 1.165) is 56.3 Å². The molecule has 2 unspecified atom stereocenters. The fourth-order valence-electron chi connectivity index (χ4n) is 3.22. The van der Waals surface area contributed by atoms with Gasteiger partial charge in [0.25, 0.3) is 0 Å². The first kappa shape index (κ1) is 14.2. The van der Waals surface area contributed by atoms with E-state index in [1.165, 1.54) is 12.8 Å². The zero-order valence-electron chi connectivity index (χ0n) is 11.4. The van der Waals surface area contributed by atoms with E-state index in [2.05, 4.69) is 11.8 Å². The Morgan fingerprint density at radius 3 is 2.72 bits per heavy atom. The van der Waals surface area contributed by atoms with Crippen molar-refractivity contribution in [2.75, 3.05) is 31.1 Å². The second kappa shape index (κ2) is 6.80. The molecule has 1 saturated heterocycles. The zero-order valence-corrected chi connectivity index (χ0v) is 12.2. The van der Waals surface area contributed by atoms with Crippen LogP contribution in [-0.2, 0) is 15.6 Å². The van der Waals surface area contributed by atoms with E-state index in [4.69, 9.17) is 0 Å². The zero-order chi connectivity index (χ0) is 13.0. The highest BCUT2D eigenvalue weighted by Gasteiger charge is 2.30. The van der Waals surface area contributed by atoms with E-state index in [1.807, 2.05) is 0 Å². The summed E-state index contributed by atoms with van der Waals surface area (Å²) in [6, 6.07) is 0. The van der Waals surface area contributed by atoms with Crippen LogP contribution < -0.4 is 0 Å². The monoisotopic (exact) mass is 271 g/mol. The number of nitrogens with zero attached hydrogens (tertiary/aromatic N) is 1. The van der Waals surface area contributed by atoms with E-state index < -0.39 is 10.8 Å². The van der Waals surface area contributed by atoms with Gasteiger partial charge in [-0.1, -0.05) is 19.8 Å². The standard InChI is InChI=1S/C14H25NO2S/c1-2-3-12-4-5-14(16)13(10-12)11-15-6-8-18(17)9-7-15/h12-13H,2-11H2,1H3. The van der Waals surface area contributed by atoms with Crippen molar-refractivity contribution < 1.29 is 9.00 Å². The number of carbonyl (C=O) groups is 1. The van der Waals surface area contributed by atoms with Crippen molar-refractivity contribution in [1.29, 1.82) is 0 Å². The largest absolute Gasteiger partial charge is 0.301 e. The molecule has 1 aliphatic carbocycles. The minimum absolute atomic E-state index is 0.252. The highest BCUT2D eigenvalue weighted by molar-refractivity contribution is 7.85. The highest BCUT2D eigenvalue weighted by Crippen LogP contribution is 2.30. The van der Waals surface area contributed by atoms with Crippen LogP contribution in [0.2, 0.25) is 0 Å². The van der Waals surface area contributed by atoms with Crippen molar-refractivity contribution >= 4 is 16.6 Å². The third kappa shape index (κ3) is 3.89. The summed E-state index contributed by atoms with van der Waals surface area (Å²) in [6.45, 7) is 4.96. The minimum atomic E-state index is -0.613. The van der Waals surface area contributed by atoms with Crippen LogP contribution in [-0.4, -0.2) is 46.0 Å². The normalized spacial score (nSPS) is 31.7. The maximum Gasteiger partial charge on any atom is 0.137 e. The van der Waals surface area contributed by atoms with Gasteiger partial charge in [-0.15, -0.1) is 0 Å². The maximum absolute atomic E-state index is 12.0. The van der Waals surface area contributed by atoms with Crippen LogP contribution in [0.4, 0.5) is 0 Å². The van der Waals surface area contributed by atoms with Crippen molar-refractivity contribution in [2.24, 2.45) is 11.8 Å². The van der Waals surface area contributed by atoms with Gasteiger partial charge in [-0.2, -0.15) is 0 Å². The molecule has 0 spiro atoms. The van der Waals surface area contributed by atoms with E-state index in [9.17, 15) is 9.00 Å². The Balaban J connectivity index is 1.82. The Kier molecular flexibility index (Phi) is 5.37. The molecular formula is C14H25NO2S. The van der Waals surface area contributed by atoms with Gasteiger partial charge in [0.15, 0.2) is 0 Å². The van der Waals surface area contributed by atoms with Gasteiger partial charge in [0.05, 0.1) is 0 Å². The van der Waals surface area contributed by atoms with Crippen molar-refractivity contribution in [3.63, 3.8) is 0 Å². The average molecular weight is 271 g/mol. The van der Waals surface area contributed by atoms with Crippen LogP contribution in [0.1, 0.15) is 39.0 Å². The maximum atomic E-state index is 12.0. The average Bonchev–Trinajstić information content (AvgIpc) is 2.36. The molecule has 0 bridgehead atoms. The Hall–Kier alpha value is -0.220. The molecule has 0 aromatic rings. The van der Waals surface area contributed by atoms with Gasteiger partial charge in [0, 0.05) is 54.3 Å². The fourth-order valence-corrected chi connectivity index (χ4v) is 4.35. The molecule has 1 aliphatic heterocycles. The Labute approximate surface area is 113 Å². The molecule has 2 aliphatic rings. The van der Waals surface area contributed by atoms with Crippen LogP contribution in [0, 0.1) is 11.8 Å². The third-order valence-electron chi connectivity index (χ3n) is 4.32. The Bertz CT molecular complexity index is 309. The van der Waals surface area contributed by atoms with Crippen molar-refractivity contribution in [1.82, 2.24) is 4.90 Å². The lowest BCUT2D eigenvalue weighted by atomic mass is 9.78. The van der Waals surface area contributed by atoms with Crippen molar-refractivity contribution in [2.45, 2.75) is 39.0 Å². The van der Waals surface area contributed by atoms with Crippen molar-refractivity contribution in [3.05, 3.63) is 0 Å². The fraction of sp³-hybridized carbons (Fsp3) is 0.929. The molecule has 2 fully saturated rings. The van der Waals surface area contributed by atoms with Gasteiger partial charge in [-0.3, -0.25) is 9.00 Å². The molecule has 104 valence electrons. The van der Waals surface area contributed by atoms with Crippen molar-refractivity contribution in [3.8, 4) is 0 Å². The molecule has 0 amide bonds. The summed E-state index contributed by atoms with van der Waals surface area (Å²) in [6.07, 6.45) is 5.48. The molecule has 1 saturated carbocycles. The van der Waals surface area contributed by atoms with Crippen LogP contribution in [0.5, 0.6) is 0 Å². The predicted octanol–water partition coefficient (Wildman–Crippen LogP) is 1.84. The molecule has 0 aromatic heterocycles. The molecular weight excluding hydrogens is 246 g/mol. The summed E-state index contributed by atoms with van der Waals surface area (Å²) in [5.74, 6) is 3.06. The number of rotatable bonds is 4. The quantitative estimate of drug-likeness (QED) is 0.783. The van der Waals surface area contributed by atoms with Gasteiger partial charge in [-0.05, 0) is 18.8 Å². The SMILES string of the molecule is CCCC1CCC(=O)C(CN2CCS(=O)CC2)C1. The summed E-state index contributed by atoms with van der Waals surface area (Å²) in [5, 5.41) is 0. The van der Waals surface area contributed by atoms with Crippen LogP contribution in [0.25, 0.3) is 0 Å². The van der Waals surface area contributed by atoms with Gasteiger partial charge < -0.3 is 4.90 Å². The minimum Gasteiger partial charge on any atom is -0.301 e. The molecule has 0 aromatic carbocycles. The van der Waals surface area contributed by atoms with E-state index >= 15 is 0 Å². The summed E-state index contributed by atoms with van der Waals surface area (Å²) in [7, 11) is -0.613. The topological polar surface area (TPSA) is 37.4 Å². The van der Waals surface area contributed by atoms with Gasteiger partial charge in [-0.25, -0.2) is 0 Å². The molecule has 0 N–H and O–H groups in total. The number of hydrogen-bond donors (Lipinski definition) is 0. The second-order valence-corrected chi connectivity index (χ2v) is 7.44. The van der Waals surface area contributed by atoms with Crippen LogP contribution in [0.15, 0.2) is 0 Å². The first-order chi connectivity index (χ1) is 8.69. The van der Waals surface area contributed by atoms with Crippen LogP contribution in [0.3, 0.4) is 0 Å². The second-order valence-electron chi connectivity index (χ2n) is 5.74. The third-order valence-corrected chi connectivity index (χ3v) is 5.59. The Morgan fingerprint density at radius 2 is 2.06 bits per heavy atom. The Morgan fingerprint density at radius 1 is 1.33 bits per heavy atom. The predicted molar refractivity (Wildman–Crippen MR) is 75.1 cm³/mol. The summed E-state index contributed by atoms with van der Waals surface area (Å²) >= 11 is 0. The lowest BCUT2D eigenvalue weighted by Gasteiger charge is -2.33. The molecule has 2 rings (SSSR count). The first-order valence-corrected chi connectivity index (χ1v) is 8.78. The summed E-state index contributed by atoms with van der Waals surface area (Å²) < 4.78 is 11.3. The number of hydrogen-bond acceptors (Lipinski definition) is 3.